The van der Waals surface area contributed by atoms with Crippen molar-refractivity contribution < 1.29 is 4.79 Å². The van der Waals surface area contributed by atoms with E-state index in [2.05, 4.69) is 6.92 Å². The summed E-state index contributed by atoms with van der Waals surface area (Å²) in [6, 6.07) is 0. The van der Waals surface area contributed by atoms with E-state index < -0.39 is 0 Å². The molecule has 2 nitrogen and oxygen atoms in total. The molecule has 0 aliphatic heterocycles. The van der Waals surface area contributed by atoms with E-state index in [-0.39, 0.29) is 19.4 Å². The number of hydrogen-bond donors (Lipinski definition) is 1. The maximum Gasteiger partial charge on any atom is 0.244 e. The van der Waals surface area contributed by atoms with E-state index in [0.717, 1.165) is 19.3 Å². The third kappa shape index (κ3) is 7.46. The first kappa shape index (κ1) is 13.2. The molecular formula is C8H17NOS. The van der Waals surface area contributed by atoms with Crippen LogP contribution in [-0.2, 0) is 4.79 Å². The van der Waals surface area contributed by atoms with E-state index in [1.807, 2.05) is 6.08 Å². The third-order valence-electron chi connectivity index (χ3n) is 1.40. The van der Waals surface area contributed by atoms with Gasteiger partial charge in [0.2, 0.25) is 5.91 Å². The van der Waals surface area contributed by atoms with E-state index >= 15 is 0 Å². The van der Waals surface area contributed by atoms with Gasteiger partial charge < -0.3 is 5.73 Å². The zero-order valence-electron chi connectivity index (χ0n) is 7.18. The normalized spacial score (nSPS) is 10.5. The summed E-state index contributed by atoms with van der Waals surface area (Å²) in [6.07, 6.45) is 5.14. The van der Waals surface area contributed by atoms with Crippen LogP contribution in [0.1, 0.15) is 33.1 Å². The molecule has 0 radical (unpaired) electrons. The van der Waals surface area contributed by atoms with Crippen LogP contribution in [0.15, 0.2) is 11.6 Å². The fourth-order valence-electron chi connectivity index (χ4n) is 0.623. The molecule has 2 N–H and O–H groups in total. The summed E-state index contributed by atoms with van der Waals surface area (Å²) >= 11 is 0. The Hall–Kier alpha value is -0.440. The molecule has 1 amide bonds. The van der Waals surface area contributed by atoms with Crippen molar-refractivity contribution >= 4 is 19.4 Å². The predicted octanol–water partition coefficient (Wildman–Crippen LogP) is 1.72. The maximum absolute atomic E-state index is 10.4. The molecule has 0 unspecified atom stereocenters. The van der Waals surface area contributed by atoms with Crippen molar-refractivity contribution in [1.82, 2.24) is 0 Å². The number of carbonyl (C=O) groups excluding carboxylic acids is 1. The van der Waals surface area contributed by atoms with Crippen LogP contribution in [0.25, 0.3) is 0 Å². The summed E-state index contributed by atoms with van der Waals surface area (Å²) in [5.41, 5.74) is 5.69. The van der Waals surface area contributed by atoms with Gasteiger partial charge in [0.05, 0.1) is 0 Å². The summed E-state index contributed by atoms with van der Waals surface area (Å²) in [5.74, 6) is -0.309. The number of nitrogens with two attached hydrogens (primary N) is 1. The van der Waals surface area contributed by atoms with E-state index in [1.165, 1.54) is 0 Å². The van der Waals surface area contributed by atoms with Crippen LogP contribution in [0.2, 0.25) is 0 Å². The van der Waals surface area contributed by atoms with Gasteiger partial charge in [0.15, 0.2) is 0 Å². The monoisotopic (exact) mass is 175 g/mol. The summed E-state index contributed by atoms with van der Waals surface area (Å²) < 4.78 is 0. The smallest absolute Gasteiger partial charge is 0.244 e. The van der Waals surface area contributed by atoms with Gasteiger partial charge in [-0.25, -0.2) is 0 Å². The first-order valence-electron chi connectivity index (χ1n) is 3.65. The molecule has 0 saturated carbocycles. The Bertz CT molecular complexity index is 143. The molecule has 0 spiro atoms. The van der Waals surface area contributed by atoms with Crippen molar-refractivity contribution in [3.05, 3.63) is 11.6 Å². The molecule has 0 aliphatic rings. The number of amides is 1. The second-order valence-electron chi connectivity index (χ2n) is 2.39. The summed E-state index contributed by atoms with van der Waals surface area (Å²) in [6.45, 7) is 3.87. The highest BCUT2D eigenvalue weighted by Crippen LogP contribution is 1.99. The molecule has 0 saturated heterocycles. The Balaban J connectivity index is 0. The van der Waals surface area contributed by atoms with Gasteiger partial charge in [-0.2, -0.15) is 13.5 Å². The van der Waals surface area contributed by atoms with E-state index in [1.54, 1.807) is 6.92 Å². The van der Waals surface area contributed by atoms with Crippen molar-refractivity contribution in [2.75, 3.05) is 0 Å². The van der Waals surface area contributed by atoms with Crippen LogP contribution in [0.5, 0.6) is 0 Å². The van der Waals surface area contributed by atoms with Crippen molar-refractivity contribution in [2.24, 2.45) is 5.73 Å². The number of allylic oxidation sites excluding steroid dienone is 1. The highest BCUT2D eigenvalue weighted by atomic mass is 32.1. The SMILES string of the molecule is CCCCC=C(C)C(N)=O.S. The Labute approximate surface area is 75.3 Å². The molecule has 66 valence electrons. The molecule has 11 heavy (non-hydrogen) atoms. The van der Waals surface area contributed by atoms with Crippen molar-refractivity contribution in [1.29, 1.82) is 0 Å². The Morgan fingerprint density at radius 3 is 2.45 bits per heavy atom. The molecule has 0 aromatic carbocycles. The van der Waals surface area contributed by atoms with Crippen molar-refractivity contribution in [3.8, 4) is 0 Å². The van der Waals surface area contributed by atoms with Crippen LogP contribution >= 0.6 is 13.5 Å². The van der Waals surface area contributed by atoms with Crippen LogP contribution < -0.4 is 5.73 Å². The fraction of sp³-hybridized carbons (Fsp3) is 0.625. The number of unbranched alkanes of at least 4 members (excludes halogenated alkanes) is 2. The van der Waals surface area contributed by atoms with Crippen molar-refractivity contribution in [3.63, 3.8) is 0 Å². The minimum atomic E-state index is -0.309. The quantitative estimate of drug-likeness (QED) is 0.513. The highest BCUT2D eigenvalue weighted by molar-refractivity contribution is 7.59. The second-order valence-corrected chi connectivity index (χ2v) is 2.39. The van der Waals surface area contributed by atoms with Crippen molar-refractivity contribution in [2.45, 2.75) is 33.1 Å². The molecule has 0 atom stereocenters. The molecular weight excluding hydrogens is 158 g/mol. The topological polar surface area (TPSA) is 43.1 Å². The zero-order chi connectivity index (χ0) is 7.98. The van der Waals surface area contributed by atoms with E-state index in [0.29, 0.717) is 5.57 Å². The van der Waals surface area contributed by atoms with Gasteiger partial charge in [-0.3, -0.25) is 4.79 Å². The molecule has 0 heterocycles. The predicted molar refractivity (Wildman–Crippen MR) is 52.9 cm³/mol. The first-order valence-corrected chi connectivity index (χ1v) is 3.65. The van der Waals surface area contributed by atoms with Gasteiger partial charge in [0.25, 0.3) is 0 Å². The minimum absolute atomic E-state index is 0. The van der Waals surface area contributed by atoms with Crippen LogP contribution in [0, 0.1) is 0 Å². The van der Waals surface area contributed by atoms with Gasteiger partial charge >= 0.3 is 0 Å². The largest absolute Gasteiger partial charge is 0.366 e. The number of rotatable bonds is 4. The Morgan fingerprint density at radius 1 is 1.55 bits per heavy atom. The van der Waals surface area contributed by atoms with Crippen LogP contribution in [0.4, 0.5) is 0 Å². The molecule has 0 bridgehead atoms. The van der Waals surface area contributed by atoms with Crippen LogP contribution in [-0.4, -0.2) is 5.91 Å². The Kier molecular flexibility index (Phi) is 9.18. The average molecular weight is 175 g/mol. The lowest BCUT2D eigenvalue weighted by Gasteiger charge is -1.92. The molecule has 0 rings (SSSR count). The maximum atomic E-state index is 10.4. The molecule has 0 fully saturated rings. The van der Waals surface area contributed by atoms with Gasteiger partial charge in [0.1, 0.15) is 0 Å². The number of hydrogen-bond acceptors (Lipinski definition) is 1. The lowest BCUT2D eigenvalue weighted by atomic mass is 10.2. The molecule has 0 aromatic heterocycles. The zero-order valence-corrected chi connectivity index (χ0v) is 8.18. The first-order chi connectivity index (χ1) is 4.68. The standard InChI is InChI=1S/C8H15NO.H2S/c1-3-4-5-6-7(2)8(9)10;/h6H,3-5H2,1-2H3,(H2,9,10);1H2. The second kappa shape index (κ2) is 7.66. The number of carbonyl (C=O) groups is 1. The fourth-order valence-corrected chi connectivity index (χ4v) is 0.623. The number of primary amides is 1. The highest BCUT2D eigenvalue weighted by Gasteiger charge is 1.93. The average Bonchev–Trinajstić information content (AvgIpc) is 1.88. The lowest BCUT2D eigenvalue weighted by Crippen LogP contribution is -2.11. The van der Waals surface area contributed by atoms with E-state index in [4.69, 9.17) is 5.73 Å². The lowest BCUT2D eigenvalue weighted by molar-refractivity contribution is -0.114. The van der Waals surface area contributed by atoms with Gasteiger partial charge in [-0.05, 0) is 13.3 Å². The van der Waals surface area contributed by atoms with Crippen LogP contribution in [0.3, 0.4) is 0 Å². The summed E-state index contributed by atoms with van der Waals surface area (Å²) in [7, 11) is 0. The third-order valence-corrected chi connectivity index (χ3v) is 1.40. The van der Waals surface area contributed by atoms with Gasteiger partial charge in [-0.15, -0.1) is 0 Å². The minimum Gasteiger partial charge on any atom is -0.366 e. The Morgan fingerprint density at radius 2 is 2.09 bits per heavy atom. The van der Waals surface area contributed by atoms with Gasteiger partial charge in [0, 0.05) is 5.57 Å². The summed E-state index contributed by atoms with van der Waals surface area (Å²) in [5, 5.41) is 0. The molecule has 0 aromatic rings. The molecule has 3 heteroatoms. The van der Waals surface area contributed by atoms with Gasteiger partial charge in [-0.1, -0.05) is 25.8 Å². The molecule has 0 aliphatic carbocycles. The summed E-state index contributed by atoms with van der Waals surface area (Å²) in [4.78, 5) is 10.4. The van der Waals surface area contributed by atoms with E-state index in [9.17, 15) is 4.79 Å².